The highest BCUT2D eigenvalue weighted by molar-refractivity contribution is 9.10. The number of nitrogens with one attached hydrogen (secondary N) is 1. The van der Waals surface area contributed by atoms with Gasteiger partial charge in [-0.25, -0.2) is 14.2 Å². The van der Waals surface area contributed by atoms with E-state index in [1.807, 2.05) is 0 Å². The number of halogens is 2. The van der Waals surface area contributed by atoms with E-state index in [0.717, 1.165) is 12.3 Å². The number of aromatic carboxylic acids is 1. The average Bonchev–Trinajstić information content (AvgIpc) is 2.42. The summed E-state index contributed by atoms with van der Waals surface area (Å²) in [7, 11) is 0. The highest BCUT2D eigenvalue weighted by atomic mass is 79.9. The Hall–Kier alpha value is -2.55. The molecule has 2 N–H and O–H groups in total. The van der Waals surface area contributed by atoms with Crippen LogP contribution in [0.5, 0.6) is 0 Å². The van der Waals surface area contributed by atoms with Gasteiger partial charge in [0, 0.05) is 6.07 Å². The van der Waals surface area contributed by atoms with Gasteiger partial charge in [-0.2, -0.15) is 0 Å². The highest BCUT2D eigenvalue weighted by Gasteiger charge is 2.13. The number of benzene rings is 1. The van der Waals surface area contributed by atoms with Crippen LogP contribution in [0.1, 0.15) is 10.4 Å². The van der Waals surface area contributed by atoms with Gasteiger partial charge in [0.2, 0.25) is 0 Å². The molecule has 0 aliphatic carbocycles. The second-order valence-electron chi connectivity index (χ2n) is 3.91. The number of hydrogen-bond acceptors (Lipinski definition) is 5. The van der Waals surface area contributed by atoms with Crippen LogP contribution >= 0.6 is 15.9 Å². The number of hydrogen-bond donors (Lipinski definition) is 2. The average molecular weight is 356 g/mol. The lowest BCUT2D eigenvalue weighted by Gasteiger charge is -2.08. The van der Waals surface area contributed by atoms with Crippen molar-refractivity contribution in [1.29, 1.82) is 0 Å². The predicted molar refractivity (Wildman–Crippen MR) is 75.2 cm³/mol. The number of pyridine rings is 1. The Morgan fingerprint density at radius 3 is 2.67 bits per heavy atom. The van der Waals surface area contributed by atoms with Gasteiger partial charge in [0.1, 0.15) is 17.8 Å². The fourth-order valence-electron chi connectivity index (χ4n) is 1.50. The third kappa shape index (κ3) is 3.31. The molecule has 7 nitrogen and oxygen atoms in total. The molecule has 0 fully saturated rings. The molecule has 0 saturated heterocycles. The molecule has 1 aromatic heterocycles. The van der Waals surface area contributed by atoms with Crippen molar-refractivity contribution in [2.75, 3.05) is 5.32 Å². The van der Waals surface area contributed by atoms with Gasteiger partial charge in [-0.15, -0.1) is 0 Å². The third-order valence-corrected chi connectivity index (χ3v) is 3.11. The summed E-state index contributed by atoms with van der Waals surface area (Å²) in [6.07, 6.45) is 1.02. The lowest BCUT2D eigenvalue weighted by molar-refractivity contribution is -0.385. The summed E-state index contributed by atoms with van der Waals surface area (Å²) in [5, 5.41) is 22.0. The fourth-order valence-corrected chi connectivity index (χ4v) is 1.93. The van der Waals surface area contributed by atoms with E-state index in [4.69, 9.17) is 5.11 Å². The minimum Gasteiger partial charge on any atom is -0.478 e. The van der Waals surface area contributed by atoms with Crippen LogP contribution in [0, 0.1) is 15.9 Å². The summed E-state index contributed by atoms with van der Waals surface area (Å²) < 4.78 is 14.0. The maximum Gasteiger partial charge on any atom is 0.335 e. The first-order chi connectivity index (χ1) is 9.88. The number of carbonyl (C=O) groups is 1. The van der Waals surface area contributed by atoms with Crippen molar-refractivity contribution in [2.24, 2.45) is 0 Å². The molecule has 2 aromatic rings. The molecule has 0 spiro atoms. The van der Waals surface area contributed by atoms with E-state index < -0.39 is 16.7 Å². The van der Waals surface area contributed by atoms with Gasteiger partial charge in [0.15, 0.2) is 0 Å². The maximum atomic E-state index is 13.8. The largest absolute Gasteiger partial charge is 0.478 e. The maximum absolute atomic E-state index is 13.8. The molecule has 0 unspecified atom stereocenters. The normalized spacial score (nSPS) is 10.2. The van der Waals surface area contributed by atoms with E-state index in [-0.39, 0.29) is 27.2 Å². The summed E-state index contributed by atoms with van der Waals surface area (Å²) in [4.78, 5) is 24.5. The minimum absolute atomic E-state index is 0.00190. The quantitative estimate of drug-likeness (QED) is 0.643. The Balaban J connectivity index is 2.30. The molecule has 1 heterocycles. The third-order valence-electron chi connectivity index (χ3n) is 2.51. The van der Waals surface area contributed by atoms with Crippen molar-refractivity contribution in [3.05, 3.63) is 56.4 Å². The van der Waals surface area contributed by atoms with Gasteiger partial charge in [0.25, 0.3) is 5.69 Å². The number of carboxylic acid groups (broad SMARTS) is 1. The molecule has 21 heavy (non-hydrogen) atoms. The zero-order valence-corrected chi connectivity index (χ0v) is 11.8. The number of nitrogens with zero attached hydrogens (tertiary/aromatic N) is 2. The van der Waals surface area contributed by atoms with E-state index >= 15 is 0 Å². The highest BCUT2D eigenvalue weighted by Crippen LogP contribution is 2.28. The molecule has 108 valence electrons. The number of carboxylic acids is 1. The Morgan fingerprint density at radius 2 is 2.14 bits per heavy atom. The molecule has 9 heteroatoms. The first kappa shape index (κ1) is 14.9. The SMILES string of the molecule is O=C(O)c1ccc(Nc2ncc([N+](=O)[O-])cc2Br)c(F)c1. The Labute approximate surface area is 125 Å². The zero-order valence-electron chi connectivity index (χ0n) is 10.2. The zero-order chi connectivity index (χ0) is 15.6. The lowest BCUT2D eigenvalue weighted by atomic mass is 10.2. The number of nitro groups is 1. The second-order valence-corrected chi connectivity index (χ2v) is 4.76. The van der Waals surface area contributed by atoms with Crippen LogP contribution in [-0.2, 0) is 0 Å². The molecular weight excluding hydrogens is 349 g/mol. The molecule has 0 saturated carbocycles. The Morgan fingerprint density at radius 1 is 1.43 bits per heavy atom. The van der Waals surface area contributed by atoms with E-state index in [9.17, 15) is 19.3 Å². The molecule has 0 aliphatic rings. The standard InChI is InChI=1S/C12H7BrFN3O4/c13-8-4-7(17(20)21)5-15-11(8)16-10-2-1-6(12(18)19)3-9(10)14/h1-5H,(H,15,16)(H,18,19). The second kappa shape index (κ2) is 5.83. The predicted octanol–water partition coefficient (Wildman–Crippen LogP) is 3.33. The summed E-state index contributed by atoms with van der Waals surface area (Å²) in [5.74, 6) is -1.85. The van der Waals surface area contributed by atoms with Crippen LogP contribution in [0.2, 0.25) is 0 Å². The summed E-state index contributed by atoms with van der Waals surface area (Å²) in [6.45, 7) is 0. The number of rotatable bonds is 4. The molecule has 0 amide bonds. The van der Waals surface area contributed by atoms with Gasteiger partial charge < -0.3 is 10.4 Å². The molecule has 0 aliphatic heterocycles. The van der Waals surface area contributed by atoms with Crippen molar-refractivity contribution < 1.29 is 19.2 Å². The molecule has 2 rings (SSSR count). The monoisotopic (exact) mass is 355 g/mol. The van der Waals surface area contributed by atoms with Gasteiger partial charge in [-0.1, -0.05) is 0 Å². The number of aromatic nitrogens is 1. The van der Waals surface area contributed by atoms with Crippen molar-refractivity contribution in [3.8, 4) is 0 Å². The fraction of sp³-hybridized carbons (Fsp3) is 0. The van der Waals surface area contributed by atoms with Crippen molar-refractivity contribution in [3.63, 3.8) is 0 Å². The van der Waals surface area contributed by atoms with Crippen LogP contribution in [0.15, 0.2) is 34.9 Å². The van der Waals surface area contributed by atoms with E-state index in [2.05, 4.69) is 26.2 Å². The van der Waals surface area contributed by atoms with Crippen LogP contribution < -0.4 is 5.32 Å². The summed E-state index contributed by atoms with van der Waals surface area (Å²) >= 11 is 3.09. The summed E-state index contributed by atoms with van der Waals surface area (Å²) in [5.41, 5.74) is -0.398. The number of anilines is 2. The topological polar surface area (TPSA) is 105 Å². The lowest BCUT2D eigenvalue weighted by Crippen LogP contribution is -2.01. The van der Waals surface area contributed by atoms with Gasteiger partial charge >= 0.3 is 5.97 Å². The first-order valence-electron chi connectivity index (χ1n) is 5.48. The Bertz CT molecular complexity index is 677. The van der Waals surface area contributed by atoms with E-state index in [1.54, 1.807) is 0 Å². The van der Waals surface area contributed by atoms with Crippen molar-refractivity contribution >= 4 is 39.1 Å². The van der Waals surface area contributed by atoms with Crippen LogP contribution in [0.3, 0.4) is 0 Å². The van der Waals surface area contributed by atoms with E-state index in [0.29, 0.717) is 0 Å². The molecule has 1 aromatic carbocycles. The smallest absolute Gasteiger partial charge is 0.335 e. The first-order valence-corrected chi connectivity index (χ1v) is 6.27. The van der Waals surface area contributed by atoms with E-state index in [1.165, 1.54) is 18.2 Å². The van der Waals surface area contributed by atoms with Gasteiger partial charge in [-0.3, -0.25) is 10.1 Å². The van der Waals surface area contributed by atoms with Gasteiger partial charge in [0.05, 0.1) is 20.6 Å². The van der Waals surface area contributed by atoms with Crippen molar-refractivity contribution in [2.45, 2.75) is 0 Å². The summed E-state index contributed by atoms with van der Waals surface area (Å²) in [6, 6.07) is 4.56. The van der Waals surface area contributed by atoms with Crippen molar-refractivity contribution in [1.82, 2.24) is 4.98 Å². The van der Waals surface area contributed by atoms with Crippen LogP contribution in [-0.4, -0.2) is 21.0 Å². The molecule has 0 radical (unpaired) electrons. The minimum atomic E-state index is -1.24. The molecule has 0 atom stereocenters. The molecular formula is C12H7BrFN3O4. The van der Waals surface area contributed by atoms with Crippen LogP contribution in [0.25, 0.3) is 0 Å². The van der Waals surface area contributed by atoms with Gasteiger partial charge in [-0.05, 0) is 34.1 Å². The molecule has 0 bridgehead atoms. The van der Waals surface area contributed by atoms with Crippen LogP contribution in [0.4, 0.5) is 21.6 Å². The Kier molecular flexibility index (Phi) is 4.13.